The monoisotopic (exact) mass is 213 g/mol. The molecule has 1 aliphatic rings. The molecule has 0 atom stereocenters. The minimum Gasteiger partial charge on any atom is -0.358 e. The van der Waals surface area contributed by atoms with Crippen molar-refractivity contribution >= 4 is 18.4 Å². The number of rotatable bonds is 4. The summed E-state index contributed by atoms with van der Waals surface area (Å²) in [7, 11) is 0. The van der Waals surface area contributed by atoms with Crippen molar-refractivity contribution in [3.05, 3.63) is 22.4 Å². The Balaban J connectivity index is 2.07. The van der Waals surface area contributed by atoms with Crippen molar-refractivity contribution < 1.29 is 4.92 Å². The molecule has 1 aromatic rings. The molecule has 0 N–H and O–H groups in total. The Morgan fingerprint density at radius 3 is 2.86 bits per heavy atom. The van der Waals surface area contributed by atoms with Crippen LogP contribution in [0.3, 0.4) is 0 Å². The summed E-state index contributed by atoms with van der Waals surface area (Å²) in [5.74, 6) is 0.737. The van der Waals surface area contributed by atoms with Gasteiger partial charge in [-0.1, -0.05) is 0 Å². The van der Waals surface area contributed by atoms with Crippen molar-refractivity contribution in [1.29, 1.82) is 0 Å². The largest absolute Gasteiger partial charge is 0.389 e. The lowest BCUT2D eigenvalue weighted by molar-refractivity contribution is -0.389. The molecule has 1 aliphatic carbocycles. The van der Waals surface area contributed by atoms with Gasteiger partial charge >= 0.3 is 5.82 Å². The number of aromatic nitrogens is 2. The van der Waals surface area contributed by atoms with E-state index in [0.29, 0.717) is 0 Å². The third-order valence-electron chi connectivity index (χ3n) is 2.60. The van der Waals surface area contributed by atoms with E-state index in [2.05, 4.69) is 17.7 Å². The fraction of sp³-hybridized carbons (Fsp3) is 0.625. The SMILES string of the molecule is O=[N+]([O-])c1ccn(CC2(CS)CC2)n1. The molecular formula is C8H11N3O2S. The molecular weight excluding hydrogens is 202 g/mol. The van der Waals surface area contributed by atoms with Crippen LogP contribution in [0.4, 0.5) is 5.82 Å². The van der Waals surface area contributed by atoms with Gasteiger partial charge in [0, 0.05) is 5.41 Å². The van der Waals surface area contributed by atoms with Crippen molar-refractivity contribution in [1.82, 2.24) is 9.78 Å². The minimum atomic E-state index is -0.475. The van der Waals surface area contributed by atoms with Crippen LogP contribution in [0.25, 0.3) is 0 Å². The number of hydrogen-bond acceptors (Lipinski definition) is 4. The van der Waals surface area contributed by atoms with Crippen molar-refractivity contribution in [3.63, 3.8) is 0 Å². The average molecular weight is 213 g/mol. The highest BCUT2D eigenvalue weighted by atomic mass is 32.1. The van der Waals surface area contributed by atoms with Gasteiger partial charge in [-0.15, -0.1) is 0 Å². The zero-order valence-corrected chi connectivity index (χ0v) is 8.48. The Kier molecular flexibility index (Phi) is 2.22. The highest BCUT2D eigenvalue weighted by Crippen LogP contribution is 2.47. The van der Waals surface area contributed by atoms with E-state index in [1.54, 1.807) is 10.9 Å². The van der Waals surface area contributed by atoms with E-state index in [9.17, 15) is 10.1 Å². The van der Waals surface area contributed by atoms with Crippen LogP contribution in [-0.4, -0.2) is 20.5 Å². The average Bonchev–Trinajstić information content (AvgIpc) is 2.75. The van der Waals surface area contributed by atoms with Crippen LogP contribution in [0.2, 0.25) is 0 Å². The van der Waals surface area contributed by atoms with Crippen LogP contribution in [0.5, 0.6) is 0 Å². The summed E-state index contributed by atoms with van der Waals surface area (Å²) in [5.41, 5.74) is 0.239. The first-order valence-corrected chi connectivity index (χ1v) is 5.07. The van der Waals surface area contributed by atoms with Gasteiger partial charge in [-0.3, -0.25) is 0 Å². The lowest BCUT2D eigenvalue weighted by atomic mass is 10.1. The van der Waals surface area contributed by atoms with E-state index >= 15 is 0 Å². The lowest BCUT2D eigenvalue weighted by Crippen LogP contribution is -2.13. The normalized spacial score (nSPS) is 18.1. The first kappa shape index (κ1) is 9.51. The number of thiol groups is 1. The van der Waals surface area contributed by atoms with Gasteiger partial charge in [0.25, 0.3) is 0 Å². The van der Waals surface area contributed by atoms with Crippen LogP contribution in [0, 0.1) is 15.5 Å². The Morgan fingerprint density at radius 2 is 2.43 bits per heavy atom. The third-order valence-corrected chi connectivity index (χ3v) is 3.27. The molecule has 0 radical (unpaired) electrons. The van der Waals surface area contributed by atoms with Crippen LogP contribution in [0.15, 0.2) is 12.3 Å². The van der Waals surface area contributed by atoms with Crippen LogP contribution in [-0.2, 0) is 6.54 Å². The highest BCUT2D eigenvalue weighted by molar-refractivity contribution is 7.80. The maximum atomic E-state index is 10.4. The quantitative estimate of drug-likeness (QED) is 0.468. The minimum absolute atomic E-state index is 0.0834. The molecule has 6 heteroatoms. The summed E-state index contributed by atoms with van der Waals surface area (Å²) in [6, 6.07) is 1.43. The van der Waals surface area contributed by atoms with E-state index in [1.165, 1.54) is 6.07 Å². The predicted molar refractivity (Wildman–Crippen MR) is 54.4 cm³/mol. The molecule has 1 fully saturated rings. The molecule has 1 saturated carbocycles. The van der Waals surface area contributed by atoms with Gasteiger partial charge in [-0.05, 0) is 23.5 Å². The molecule has 2 rings (SSSR count). The van der Waals surface area contributed by atoms with Crippen molar-refractivity contribution in [2.45, 2.75) is 19.4 Å². The zero-order chi connectivity index (χ0) is 10.2. The molecule has 0 aliphatic heterocycles. The summed E-state index contributed by atoms with van der Waals surface area (Å²) in [5, 5.41) is 14.2. The standard InChI is InChI=1S/C8H11N3O2S/c12-11(13)7-1-4-10(9-7)5-8(6-14)2-3-8/h1,4,14H,2-3,5-6H2. The van der Waals surface area contributed by atoms with Crippen molar-refractivity contribution in [3.8, 4) is 0 Å². The van der Waals surface area contributed by atoms with Gasteiger partial charge in [0.05, 0.1) is 23.9 Å². The lowest BCUT2D eigenvalue weighted by Gasteiger charge is -2.07. The summed E-state index contributed by atoms with van der Waals surface area (Å²) in [6.07, 6.45) is 3.94. The molecule has 0 amide bonds. The third kappa shape index (κ3) is 1.75. The molecule has 14 heavy (non-hydrogen) atoms. The molecule has 5 nitrogen and oxygen atoms in total. The maximum Gasteiger partial charge on any atom is 0.389 e. The van der Waals surface area contributed by atoms with E-state index in [1.807, 2.05) is 0 Å². The van der Waals surface area contributed by atoms with Gasteiger partial charge in [0.1, 0.15) is 0 Å². The number of nitro groups is 1. The van der Waals surface area contributed by atoms with Gasteiger partial charge in [-0.2, -0.15) is 17.3 Å². The van der Waals surface area contributed by atoms with Gasteiger partial charge in [-0.25, -0.2) is 0 Å². The first-order valence-electron chi connectivity index (χ1n) is 4.44. The summed E-state index contributed by atoms with van der Waals surface area (Å²) >= 11 is 4.27. The molecule has 0 bridgehead atoms. The first-order chi connectivity index (χ1) is 6.65. The number of nitrogens with zero attached hydrogens (tertiary/aromatic N) is 3. The van der Waals surface area contributed by atoms with Crippen LogP contribution >= 0.6 is 12.6 Å². The Labute approximate surface area is 86.7 Å². The van der Waals surface area contributed by atoms with E-state index in [4.69, 9.17) is 0 Å². The molecule has 0 spiro atoms. The van der Waals surface area contributed by atoms with E-state index in [0.717, 1.165) is 25.1 Å². The van der Waals surface area contributed by atoms with Crippen LogP contribution < -0.4 is 0 Å². The highest BCUT2D eigenvalue weighted by Gasteiger charge is 2.42. The molecule has 0 aromatic carbocycles. The topological polar surface area (TPSA) is 61.0 Å². The Bertz CT molecular complexity index is 359. The summed E-state index contributed by atoms with van der Waals surface area (Å²) < 4.78 is 1.64. The molecule has 0 saturated heterocycles. The summed E-state index contributed by atoms with van der Waals surface area (Å²) in [6.45, 7) is 0.740. The van der Waals surface area contributed by atoms with Crippen molar-refractivity contribution in [2.24, 2.45) is 5.41 Å². The smallest absolute Gasteiger partial charge is 0.358 e. The second kappa shape index (κ2) is 3.27. The fourth-order valence-electron chi connectivity index (χ4n) is 1.42. The number of hydrogen-bond donors (Lipinski definition) is 1. The molecule has 1 heterocycles. The van der Waals surface area contributed by atoms with Gasteiger partial charge in [0.2, 0.25) is 0 Å². The Hall–Kier alpha value is -1.04. The fourth-order valence-corrected chi connectivity index (χ4v) is 1.84. The molecule has 0 unspecified atom stereocenters. The Morgan fingerprint density at radius 1 is 1.71 bits per heavy atom. The maximum absolute atomic E-state index is 10.4. The molecule has 1 aromatic heterocycles. The second-order valence-electron chi connectivity index (χ2n) is 3.79. The van der Waals surface area contributed by atoms with Crippen LogP contribution in [0.1, 0.15) is 12.8 Å². The molecule has 76 valence electrons. The summed E-state index contributed by atoms with van der Waals surface area (Å²) in [4.78, 5) is 9.90. The van der Waals surface area contributed by atoms with Gasteiger partial charge < -0.3 is 10.1 Å². The van der Waals surface area contributed by atoms with E-state index < -0.39 is 4.92 Å². The second-order valence-corrected chi connectivity index (χ2v) is 4.10. The van der Waals surface area contributed by atoms with Gasteiger partial charge in [0.15, 0.2) is 0 Å². The van der Waals surface area contributed by atoms with E-state index in [-0.39, 0.29) is 11.2 Å². The zero-order valence-electron chi connectivity index (χ0n) is 7.59. The predicted octanol–water partition coefficient (Wildman–Crippen LogP) is 1.50. The van der Waals surface area contributed by atoms with Crippen molar-refractivity contribution in [2.75, 3.05) is 5.75 Å².